The van der Waals surface area contributed by atoms with Gasteiger partial charge in [-0.1, -0.05) is 88.9 Å². The number of amides is 1. The van der Waals surface area contributed by atoms with Gasteiger partial charge in [0.05, 0.1) is 5.70 Å². The number of methoxy groups -OCH3 is 1. The van der Waals surface area contributed by atoms with Crippen LogP contribution in [0.1, 0.15) is 57.7 Å². The van der Waals surface area contributed by atoms with E-state index >= 15 is 0 Å². The summed E-state index contributed by atoms with van der Waals surface area (Å²) in [7, 11) is 0.630. The lowest BCUT2D eigenvalue weighted by atomic mass is 9.79. The van der Waals surface area contributed by atoms with Gasteiger partial charge in [0.25, 0.3) is 0 Å². The van der Waals surface area contributed by atoms with Gasteiger partial charge in [0, 0.05) is 44.8 Å². The van der Waals surface area contributed by atoms with Gasteiger partial charge in [-0.25, -0.2) is 0 Å². The molecule has 0 bridgehead atoms. The molecule has 0 radical (unpaired) electrons. The molecule has 2 aromatic rings. The highest BCUT2D eigenvalue weighted by atomic mass is 31.2. The van der Waals surface area contributed by atoms with E-state index in [1.54, 1.807) is 26.5 Å². The zero-order chi connectivity index (χ0) is 34.8. The van der Waals surface area contributed by atoms with Crippen molar-refractivity contribution in [3.8, 4) is 12.8 Å². The number of ether oxygens (including phenoxy) is 1. The van der Waals surface area contributed by atoms with E-state index in [9.17, 15) is 4.79 Å². The number of allylic oxidation sites excluding steroid dienone is 4. The van der Waals surface area contributed by atoms with E-state index in [-0.39, 0.29) is 11.3 Å². The number of nitrogens with one attached hydrogen (secondary N) is 2. The largest absolute Gasteiger partial charge is 0.388 e. The zero-order valence-corrected chi connectivity index (χ0v) is 28.9. The quantitative estimate of drug-likeness (QED) is 0.0720. The van der Waals surface area contributed by atoms with Crippen LogP contribution in [0.3, 0.4) is 0 Å². The molecule has 5 N–H and O–H groups in total. The lowest BCUT2D eigenvalue weighted by molar-refractivity contribution is -0.117. The first-order valence-corrected chi connectivity index (χ1v) is 15.5. The molecule has 0 aromatic heterocycles. The van der Waals surface area contributed by atoms with Gasteiger partial charge in [-0.3, -0.25) is 9.79 Å². The Labute approximate surface area is 272 Å². The standard InChI is InChI=1S/C32H41N3O.C2H6O.C2H2.H3O3P/c1-8-28(19-21-33-26(5)22-24(2)3)34-20-13-16-27-15-10-12-18-30(27)35-31(36)23-32(6,7)29-17-11-9-14-25(29)4;1-3-2;1-2;1-4(2)3/h8-20,22,24,33H,1,21,23H2,2-7H3,(H,35,36);1-2H3;1-2H;1-3H/b16-13+,26-22-,28-19+,34-20+;;;. The Kier molecular flexibility index (Phi) is 24.5. The number of terminal acetylenes is 1. The summed E-state index contributed by atoms with van der Waals surface area (Å²) in [4.78, 5) is 39.1. The third-order valence-electron chi connectivity index (χ3n) is 5.78. The molecular formula is C36H52N3O5P. The fourth-order valence-electron chi connectivity index (χ4n) is 4.12. The van der Waals surface area contributed by atoms with Crippen LogP contribution in [0.5, 0.6) is 0 Å². The lowest BCUT2D eigenvalue weighted by Crippen LogP contribution is -2.26. The van der Waals surface area contributed by atoms with E-state index in [2.05, 4.69) is 99.5 Å². The van der Waals surface area contributed by atoms with Gasteiger partial charge in [-0.2, -0.15) is 0 Å². The van der Waals surface area contributed by atoms with Crippen molar-refractivity contribution >= 4 is 32.5 Å². The molecule has 0 spiro atoms. The lowest BCUT2D eigenvalue weighted by Gasteiger charge is -2.26. The van der Waals surface area contributed by atoms with Gasteiger partial charge in [-0.15, -0.1) is 12.8 Å². The SMILES string of the molecule is C#C.C=CC(=C\CN/C(C)=C\C(C)C)/N=C/C=C/c1ccccc1NC(=O)CC(C)(C)c1ccccc1C.COC.OP(O)O. The topological polar surface area (TPSA) is 123 Å². The Morgan fingerprint density at radius 2 is 1.64 bits per heavy atom. The number of anilines is 1. The molecule has 9 heteroatoms. The van der Waals surface area contributed by atoms with E-state index in [0.717, 1.165) is 22.6 Å². The number of benzene rings is 2. The van der Waals surface area contributed by atoms with Gasteiger partial charge in [-0.05, 0) is 66.2 Å². The summed E-state index contributed by atoms with van der Waals surface area (Å²) in [5.41, 5.74) is 5.77. The first-order chi connectivity index (χ1) is 21.3. The van der Waals surface area contributed by atoms with Crippen LogP contribution in [-0.2, 0) is 14.9 Å². The number of aliphatic imine (C=N–C) groups is 1. The molecule has 8 nitrogen and oxygen atoms in total. The number of carbonyl (C=O) groups is 1. The second-order valence-corrected chi connectivity index (χ2v) is 11.2. The van der Waals surface area contributed by atoms with Crippen LogP contribution in [0.2, 0.25) is 0 Å². The predicted molar refractivity (Wildman–Crippen MR) is 193 cm³/mol. The second-order valence-electron chi connectivity index (χ2n) is 10.6. The molecule has 2 aromatic carbocycles. The van der Waals surface area contributed by atoms with E-state index in [1.807, 2.05) is 54.6 Å². The Bertz CT molecular complexity index is 1280. The zero-order valence-electron chi connectivity index (χ0n) is 28.0. The van der Waals surface area contributed by atoms with Crippen LogP contribution in [-0.4, -0.2) is 47.6 Å². The molecule has 246 valence electrons. The monoisotopic (exact) mass is 637 g/mol. The van der Waals surface area contributed by atoms with Crippen LogP contribution in [0, 0.1) is 25.7 Å². The Balaban J connectivity index is 0. The van der Waals surface area contributed by atoms with Crippen molar-refractivity contribution in [1.29, 1.82) is 0 Å². The first kappa shape index (κ1) is 43.3. The minimum Gasteiger partial charge on any atom is -0.388 e. The third-order valence-corrected chi connectivity index (χ3v) is 5.78. The maximum Gasteiger partial charge on any atom is 0.324 e. The van der Waals surface area contributed by atoms with E-state index in [1.165, 1.54) is 11.1 Å². The average Bonchev–Trinajstić information content (AvgIpc) is 2.95. The van der Waals surface area contributed by atoms with Gasteiger partial charge in [0.1, 0.15) is 0 Å². The normalized spacial score (nSPS) is 11.6. The molecule has 1 amide bonds. The summed E-state index contributed by atoms with van der Waals surface area (Å²) in [6.07, 6.45) is 19.9. The summed E-state index contributed by atoms with van der Waals surface area (Å²) in [6.45, 7) is 17.2. The Hall–Kier alpha value is -3.83. The number of rotatable bonds is 12. The molecule has 0 aliphatic carbocycles. The molecule has 0 aliphatic heterocycles. The van der Waals surface area contributed by atoms with E-state index in [4.69, 9.17) is 14.7 Å². The van der Waals surface area contributed by atoms with Crippen LogP contribution in [0.4, 0.5) is 5.69 Å². The van der Waals surface area contributed by atoms with Crippen molar-refractivity contribution in [3.63, 3.8) is 0 Å². The summed E-state index contributed by atoms with van der Waals surface area (Å²) in [5.74, 6) is 0.500. The molecule has 45 heavy (non-hydrogen) atoms. The smallest absolute Gasteiger partial charge is 0.324 e. The number of para-hydroxylation sites is 1. The maximum absolute atomic E-state index is 12.9. The highest BCUT2D eigenvalue weighted by Gasteiger charge is 2.25. The Morgan fingerprint density at radius 3 is 2.20 bits per heavy atom. The minimum atomic E-state index is -2.62. The van der Waals surface area contributed by atoms with Gasteiger partial charge < -0.3 is 30.1 Å². The fourth-order valence-corrected chi connectivity index (χ4v) is 4.12. The molecule has 0 unspecified atom stereocenters. The molecule has 0 fully saturated rings. The second kappa shape index (κ2) is 25.5. The number of hydrogen-bond donors (Lipinski definition) is 5. The van der Waals surface area contributed by atoms with Gasteiger partial charge >= 0.3 is 8.60 Å². The average molecular weight is 638 g/mol. The number of aryl methyl sites for hydroxylation is 1. The maximum atomic E-state index is 12.9. The number of carbonyl (C=O) groups excluding carboxylic acids is 1. The van der Waals surface area contributed by atoms with Gasteiger partial charge in [0.2, 0.25) is 5.91 Å². The van der Waals surface area contributed by atoms with Crippen LogP contribution >= 0.6 is 8.60 Å². The van der Waals surface area contributed by atoms with Crippen LogP contribution in [0.25, 0.3) is 6.08 Å². The van der Waals surface area contributed by atoms with E-state index < -0.39 is 8.60 Å². The van der Waals surface area contributed by atoms with Gasteiger partial charge in [0.15, 0.2) is 0 Å². The minimum absolute atomic E-state index is 0.0102. The van der Waals surface area contributed by atoms with Crippen LogP contribution < -0.4 is 10.6 Å². The van der Waals surface area contributed by atoms with Crippen molar-refractivity contribution in [1.82, 2.24) is 5.32 Å². The molecule has 0 aliphatic rings. The summed E-state index contributed by atoms with van der Waals surface area (Å²) in [5, 5.41) is 6.45. The van der Waals surface area contributed by atoms with Crippen molar-refractivity contribution in [2.45, 2.75) is 53.4 Å². The third kappa shape index (κ3) is 21.5. The van der Waals surface area contributed by atoms with Crippen molar-refractivity contribution in [3.05, 3.63) is 107 Å². The molecule has 0 heterocycles. The first-order valence-electron chi connectivity index (χ1n) is 14.3. The summed E-state index contributed by atoms with van der Waals surface area (Å²) in [6, 6.07) is 16.0. The van der Waals surface area contributed by atoms with Crippen molar-refractivity contribution in [2.75, 3.05) is 26.1 Å². The van der Waals surface area contributed by atoms with E-state index in [0.29, 0.717) is 18.9 Å². The van der Waals surface area contributed by atoms with Crippen molar-refractivity contribution < 1.29 is 24.2 Å². The summed E-state index contributed by atoms with van der Waals surface area (Å²) < 4.78 is 4.25. The highest BCUT2D eigenvalue weighted by molar-refractivity contribution is 7.38. The van der Waals surface area contributed by atoms with Crippen molar-refractivity contribution in [2.24, 2.45) is 10.9 Å². The molecule has 0 saturated carbocycles. The number of hydrogen-bond acceptors (Lipinski definition) is 7. The highest BCUT2D eigenvalue weighted by Crippen LogP contribution is 2.30. The predicted octanol–water partition coefficient (Wildman–Crippen LogP) is 7.31. The molecule has 2 rings (SSSR count). The summed E-state index contributed by atoms with van der Waals surface area (Å²) >= 11 is 0. The number of nitrogens with zero attached hydrogens (tertiary/aromatic N) is 1. The van der Waals surface area contributed by atoms with Crippen LogP contribution in [0.15, 0.2) is 95.8 Å². The fraction of sp³-hybridized carbons (Fsp3) is 0.333. The molecule has 0 saturated heterocycles. The Morgan fingerprint density at radius 1 is 1.09 bits per heavy atom. The molecular weight excluding hydrogens is 585 g/mol. The molecule has 0 atom stereocenters.